The molecule has 0 aliphatic rings. The average Bonchev–Trinajstić information content (AvgIpc) is 2.53. The molecule has 2 aromatic carbocycles. The first-order chi connectivity index (χ1) is 10.2. The molecule has 0 aromatic heterocycles. The van der Waals surface area contributed by atoms with E-state index in [1.807, 2.05) is 18.2 Å². The SMILES string of the molecule is COc1ccc(C(CCN)N(C)Cc2ccccc2)cc1. The van der Waals surface area contributed by atoms with E-state index in [1.165, 1.54) is 11.1 Å². The maximum atomic E-state index is 5.80. The van der Waals surface area contributed by atoms with Gasteiger partial charge in [0.2, 0.25) is 0 Å². The Balaban J connectivity index is 2.13. The van der Waals surface area contributed by atoms with Crippen LogP contribution in [-0.4, -0.2) is 25.6 Å². The van der Waals surface area contributed by atoms with Gasteiger partial charge in [-0.25, -0.2) is 0 Å². The van der Waals surface area contributed by atoms with Crippen molar-refractivity contribution in [2.45, 2.75) is 19.0 Å². The first-order valence-corrected chi connectivity index (χ1v) is 7.32. The second-order valence-electron chi connectivity index (χ2n) is 5.27. The largest absolute Gasteiger partial charge is 0.497 e. The molecule has 3 nitrogen and oxygen atoms in total. The summed E-state index contributed by atoms with van der Waals surface area (Å²) in [6.45, 7) is 1.59. The third kappa shape index (κ3) is 4.31. The number of ether oxygens (including phenoxy) is 1. The maximum absolute atomic E-state index is 5.80. The molecule has 0 bridgehead atoms. The molecule has 1 atom stereocenters. The fourth-order valence-electron chi connectivity index (χ4n) is 2.61. The van der Waals surface area contributed by atoms with E-state index in [2.05, 4.69) is 48.3 Å². The van der Waals surface area contributed by atoms with Crippen molar-refractivity contribution in [2.24, 2.45) is 5.73 Å². The molecule has 21 heavy (non-hydrogen) atoms. The van der Waals surface area contributed by atoms with Gasteiger partial charge < -0.3 is 10.5 Å². The Morgan fingerprint density at radius 3 is 2.29 bits per heavy atom. The van der Waals surface area contributed by atoms with Gasteiger partial charge in [0.1, 0.15) is 5.75 Å². The maximum Gasteiger partial charge on any atom is 0.118 e. The molecule has 0 fully saturated rings. The lowest BCUT2D eigenvalue weighted by atomic mass is 10.0. The van der Waals surface area contributed by atoms with Crippen LogP contribution in [0.25, 0.3) is 0 Å². The van der Waals surface area contributed by atoms with E-state index in [1.54, 1.807) is 7.11 Å². The molecule has 0 heterocycles. The van der Waals surface area contributed by atoms with Crippen LogP contribution in [-0.2, 0) is 6.54 Å². The Labute approximate surface area is 127 Å². The minimum atomic E-state index is 0.320. The zero-order chi connectivity index (χ0) is 15.1. The zero-order valence-corrected chi connectivity index (χ0v) is 12.8. The van der Waals surface area contributed by atoms with Crippen LogP contribution in [0.2, 0.25) is 0 Å². The van der Waals surface area contributed by atoms with Crippen LogP contribution in [0.15, 0.2) is 54.6 Å². The van der Waals surface area contributed by atoms with Crippen LogP contribution in [0, 0.1) is 0 Å². The summed E-state index contributed by atoms with van der Waals surface area (Å²) in [5.41, 5.74) is 8.40. The summed E-state index contributed by atoms with van der Waals surface area (Å²) in [4.78, 5) is 2.35. The molecule has 1 unspecified atom stereocenters. The summed E-state index contributed by atoms with van der Waals surface area (Å²) in [6.07, 6.45) is 0.940. The standard InChI is InChI=1S/C18H24N2O/c1-20(14-15-6-4-3-5-7-15)18(12-13-19)16-8-10-17(21-2)11-9-16/h3-11,18H,12-14,19H2,1-2H3. The number of hydrogen-bond acceptors (Lipinski definition) is 3. The van der Waals surface area contributed by atoms with Gasteiger partial charge in [0.15, 0.2) is 0 Å². The molecule has 2 N–H and O–H groups in total. The molecule has 0 saturated carbocycles. The van der Waals surface area contributed by atoms with Crippen molar-refractivity contribution >= 4 is 0 Å². The van der Waals surface area contributed by atoms with Crippen molar-refractivity contribution < 1.29 is 4.74 Å². The summed E-state index contributed by atoms with van der Waals surface area (Å²) in [5.74, 6) is 0.885. The summed E-state index contributed by atoms with van der Waals surface area (Å²) >= 11 is 0. The number of nitrogens with zero attached hydrogens (tertiary/aromatic N) is 1. The molecule has 0 aliphatic heterocycles. The van der Waals surface area contributed by atoms with E-state index >= 15 is 0 Å². The van der Waals surface area contributed by atoms with Crippen molar-refractivity contribution in [3.63, 3.8) is 0 Å². The van der Waals surface area contributed by atoms with E-state index in [4.69, 9.17) is 10.5 Å². The van der Waals surface area contributed by atoms with Crippen molar-refractivity contribution in [1.82, 2.24) is 4.90 Å². The zero-order valence-electron chi connectivity index (χ0n) is 12.8. The number of nitrogens with two attached hydrogens (primary N) is 1. The molecule has 0 saturated heterocycles. The van der Waals surface area contributed by atoms with Gasteiger partial charge in [-0.1, -0.05) is 42.5 Å². The van der Waals surface area contributed by atoms with Crippen LogP contribution in [0.1, 0.15) is 23.6 Å². The van der Waals surface area contributed by atoms with Gasteiger partial charge in [0.25, 0.3) is 0 Å². The Hall–Kier alpha value is -1.84. The third-order valence-corrected chi connectivity index (χ3v) is 3.75. The van der Waals surface area contributed by atoms with Gasteiger partial charge in [-0.05, 0) is 43.3 Å². The molecule has 0 amide bonds. The van der Waals surface area contributed by atoms with E-state index in [0.717, 1.165) is 18.7 Å². The summed E-state index contributed by atoms with van der Waals surface area (Å²) in [5, 5.41) is 0. The monoisotopic (exact) mass is 284 g/mol. The van der Waals surface area contributed by atoms with Crippen molar-refractivity contribution in [3.05, 3.63) is 65.7 Å². The number of hydrogen-bond donors (Lipinski definition) is 1. The van der Waals surface area contributed by atoms with Gasteiger partial charge in [-0.15, -0.1) is 0 Å². The Morgan fingerprint density at radius 1 is 1.05 bits per heavy atom. The number of methoxy groups -OCH3 is 1. The fraction of sp³-hybridized carbons (Fsp3) is 0.333. The van der Waals surface area contributed by atoms with Gasteiger partial charge in [0.05, 0.1) is 7.11 Å². The summed E-state index contributed by atoms with van der Waals surface area (Å²) in [7, 11) is 3.84. The number of rotatable bonds is 7. The Bertz CT molecular complexity index is 525. The predicted octanol–water partition coefficient (Wildman–Crippen LogP) is 3.22. The second-order valence-corrected chi connectivity index (χ2v) is 5.27. The lowest BCUT2D eigenvalue weighted by molar-refractivity contribution is 0.227. The molecule has 0 aliphatic carbocycles. The highest BCUT2D eigenvalue weighted by Crippen LogP contribution is 2.26. The van der Waals surface area contributed by atoms with E-state index in [9.17, 15) is 0 Å². The van der Waals surface area contributed by atoms with E-state index < -0.39 is 0 Å². The highest BCUT2D eigenvalue weighted by molar-refractivity contribution is 5.29. The van der Waals surface area contributed by atoms with Crippen molar-refractivity contribution in [1.29, 1.82) is 0 Å². The van der Waals surface area contributed by atoms with Crippen LogP contribution in [0.5, 0.6) is 5.75 Å². The molecule has 0 spiro atoms. The number of benzene rings is 2. The predicted molar refractivity (Wildman–Crippen MR) is 87.3 cm³/mol. The fourth-order valence-corrected chi connectivity index (χ4v) is 2.61. The topological polar surface area (TPSA) is 38.5 Å². The lowest BCUT2D eigenvalue weighted by Crippen LogP contribution is -2.26. The molecule has 2 rings (SSSR count). The van der Waals surface area contributed by atoms with Crippen LogP contribution >= 0.6 is 0 Å². The van der Waals surface area contributed by atoms with Crippen LogP contribution in [0.4, 0.5) is 0 Å². The smallest absolute Gasteiger partial charge is 0.118 e. The first kappa shape index (κ1) is 15.5. The Morgan fingerprint density at radius 2 is 1.71 bits per heavy atom. The molecule has 0 radical (unpaired) electrons. The van der Waals surface area contributed by atoms with E-state index in [-0.39, 0.29) is 0 Å². The summed E-state index contributed by atoms with van der Waals surface area (Å²) in [6, 6.07) is 19.1. The lowest BCUT2D eigenvalue weighted by Gasteiger charge is -2.28. The highest BCUT2D eigenvalue weighted by atomic mass is 16.5. The highest BCUT2D eigenvalue weighted by Gasteiger charge is 2.16. The van der Waals surface area contributed by atoms with E-state index in [0.29, 0.717) is 12.6 Å². The minimum absolute atomic E-state index is 0.320. The quantitative estimate of drug-likeness (QED) is 0.848. The average molecular weight is 284 g/mol. The second kappa shape index (κ2) is 7.81. The molecular formula is C18H24N2O. The van der Waals surface area contributed by atoms with Crippen molar-refractivity contribution in [3.8, 4) is 5.75 Å². The molecular weight excluding hydrogens is 260 g/mol. The summed E-state index contributed by atoms with van der Waals surface area (Å²) < 4.78 is 5.23. The molecule has 3 heteroatoms. The first-order valence-electron chi connectivity index (χ1n) is 7.32. The van der Waals surface area contributed by atoms with Gasteiger partial charge in [0, 0.05) is 12.6 Å². The van der Waals surface area contributed by atoms with Crippen LogP contribution in [0.3, 0.4) is 0 Å². The van der Waals surface area contributed by atoms with Gasteiger partial charge >= 0.3 is 0 Å². The normalized spacial score (nSPS) is 12.4. The minimum Gasteiger partial charge on any atom is -0.497 e. The van der Waals surface area contributed by atoms with Gasteiger partial charge in [-0.2, -0.15) is 0 Å². The third-order valence-electron chi connectivity index (χ3n) is 3.75. The molecule has 2 aromatic rings. The Kier molecular flexibility index (Phi) is 5.78. The van der Waals surface area contributed by atoms with Crippen LogP contribution < -0.4 is 10.5 Å². The molecule has 112 valence electrons. The van der Waals surface area contributed by atoms with Crippen molar-refractivity contribution in [2.75, 3.05) is 20.7 Å². The van der Waals surface area contributed by atoms with Gasteiger partial charge in [-0.3, -0.25) is 4.90 Å².